The van der Waals surface area contributed by atoms with Crippen LogP contribution in [0.1, 0.15) is 17.0 Å². The molecule has 1 saturated heterocycles. The van der Waals surface area contributed by atoms with E-state index in [-0.39, 0.29) is 18.5 Å². The van der Waals surface area contributed by atoms with E-state index in [0.29, 0.717) is 18.7 Å². The predicted molar refractivity (Wildman–Crippen MR) is 142 cm³/mol. The minimum absolute atomic E-state index is 0.149. The van der Waals surface area contributed by atoms with Crippen LogP contribution in [0.25, 0.3) is 27.7 Å². The van der Waals surface area contributed by atoms with Gasteiger partial charge in [-0.2, -0.15) is 0 Å². The first-order valence-corrected chi connectivity index (χ1v) is 12.5. The fourth-order valence-corrected chi connectivity index (χ4v) is 5.73. The number of hydrogen-bond donors (Lipinski definition) is 0. The molecule has 0 N–H and O–H groups in total. The van der Waals surface area contributed by atoms with Gasteiger partial charge in [0.05, 0.1) is 24.3 Å². The Hall–Kier alpha value is -4.71. The standard InChI is InChI=1S/C31H24N4O2/c36-30-28-18-26-25-14-4-5-15-27(25)35(24-13-8-11-22(17-24)21-9-2-1-3-10-21)29(26)20-33(28)31(37)34(30)19-23-12-6-7-16-32-23/h1-17,28H,18-20H2. The van der Waals surface area contributed by atoms with E-state index in [1.54, 1.807) is 11.1 Å². The maximum Gasteiger partial charge on any atom is 0.328 e. The van der Waals surface area contributed by atoms with E-state index in [4.69, 9.17) is 0 Å². The maximum absolute atomic E-state index is 13.5. The lowest BCUT2D eigenvalue weighted by molar-refractivity contribution is -0.128. The highest BCUT2D eigenvalue weighted by atomic mass is 16.2. The molecule has 1 atom stereocenters. The van der Waals surface area contributed by atoms with Crippen LogP contribution in [0.3, 0.4) is 0 Å². The van der Waals surface area contributed by atoms with Gasteiger partial charge in [-0.15, -0.1) is 0 Å². The second-order valence-corrected chi connectivity index (χ2v) is 9.57. The number of amides is 3. The molecule has 1 fully saturated rings. The Morgan fingerprint density at radius 1 is 0.811 bits per heavy atom. The number of urea groups is 1. The highest BCUT2D eigenvalue weighted by molar-refractivity contribution is 6.05. The van der Waals surface area contributed by atoms with Crippen LogP contribution in [0.15, 0.2) is 103 Å². The summed E-state index contributed by atoms with van der Waals surface area (Å²) in [7, 11) is 0. The first kappa shape index (κ1) is 21.6. The summed E-state index contributed by atoms with van der Waals surface area (Å²) in [6, 6.07) is 31.9. The zero-order valence-corrected chi connectivity index (χ0v) is 20.1. The summed E-state index contributed by atoms with van der Waals surface area (Å²) in [6.45, 7) is 0.573. The molecular weight excluding hydrogens is 460 g/mol. The summed E-state index contributed by atoms with van der Waals surface area (Å²) in [5.74, 6) is -0.149. The molecule has 3 aromatic carbocycles. The van der Waals surface area contributed by atoms with Crippen molar-refractivity contribution in [1.82, 2.24) is 19.4 Å². The number of fused-ring (bicyclic) bond motifs is 4. The van der Waals surface area contributed by atoms with Crippen molar-refractivity contribution in [3.05, 3.63) is 120 Å². The molecule has 180 valence electrons. The number of imide groups is 1. The Balaban J connectivity index is 1.31. The van der Waals surface area contributed by atoms with Crippen LogP contribution in [0.5, 0.6) is 0 Å². The van der Waals surface area contributed by atoms with Crippen molar-refractivity contribution in [3.63, 3.8) is 0 Å². The van der Waals surface area contributed by atoms with Gasteiger partial charge in [0.2, 0.25) is 0 Å². The van der Waals surface area contributed by atoms with Crippen LogP contribution >= 0.6 is 0 Å². The molecule has 0 saturated carbocycles. The molecule has 4 heterocycles. The lowest BCUT2D eigenvalue weighted by Gasteiger charge is -2.28. The Bertz CT molecular complexity index is 1660. The first-order chi connectivity index (χ1) is 18.2. The highest BCUT2D eigenvalue weighted by Crippen LogP contribution is 2.38. The van der Waals surface area contributed by atoms with Gasteiger partial charge in [-0.3, -0.25) is 14.7 Å². The molecule has 1 unspecified atom stereocenters. The molecule has 7 rings (SSSR count). The fourth-order valence-electron chi connectivity index (χ4n) is 5.73. The molecule has 2 aliphatic heterocycles. The fraction of sp³-hybridized carbons (Fsp3) is 0.129. The minimum Gasteiger partial charge on any atom is -0.311 e. The summed E-state index contributed by atoms with van der Waals surface area (Å²) >= 11 is 0. The summed E-state index contributed by atoms with van der Waals surface area (Å²) in [5, 5.41) is 1.13. The zero-order chi connectivity index (χ0) is 24.9. The number of benzene rings is 3. The molecule has 5 aromatic rings. The maximum atomic E-state index is 13.5. The summed E-state index contributed by atoms with van der Waals surface area (Å²) < 4.78 is 2.26. The number of carbonyl (C=O) groups excluding carboxylic acids is 2. The second-order valence-electron chi connectivity index (χ2n) is 9.57. The topological polar surface area (TPSA) is 58.4 Å². The van der Waals surface area contributed by atoms with Crippen molar-refractivity contribution in [2.75, 3.05) is 0 Å². The van der Waals surface area contributed by atoms with Gasteiger partial charge in [0.15, 0.2) is 0 Å². The van der Waals surface area contributed by atoms with E-state index in [1.165, 1.54) is 4.90 Å². The van der Waals surface area contributed by atoms with Crippen LogP contribution in [0, 0.1) is 0 Å². The quantitative estimate of drug-likeness (QED) is 0.313. The van der Waals surface area contributed by atoms with Crippen LogP contribution in [0.2, 0.25) is 0 Å². The van der Waals surface area contributed by atoms with Crippen molar-refractivity contribution in [2.45, 2.75) is 25.6 Å². The van der Waals surface area contributed by atoms with Crippen molar-refractivity contribution < 1.29 is 9.59 Å². The monoisotopic (exact) mass is 484 g/mol. The van der Waals surface area contributed by atoms with E-state index in [2.05, 4.69) is 58.1 Å². The summed E-state index contributed by atoms with van der Waals surface area (Å²) in [4.78, 5) is 34.3. The van der Waals surface area contributed by atoms with Crippen molar-refractivity contribution in [3.8, 4) is 16.8 Å². The lowest BCUT2D eigenvalue weighted by Crippen LogP contribution is -2.40. The first-order valence-electron chi connectivity index (χ1n) is 12.5. The molecule has 0 radical (unpaired) electrons. The van der Waals surface area contributed by atoms with E-state index in [1.807, 2.05) is 48.5 Å². The van der Waals surface area contributed by atoms with Crippen molar-refractivity contribution in [1.29, 1.82) is 0 Å². The zero-order valence-electron chi connectivity index (χ0n) is 20.1. The number of hydrogen-bond acceptors (Lipinski definition) is 3. The largest absolute Gasteiger partial charge is 0.328 e. The molecule has 6 heteroatoms. The molecule has 6 nitrogen and oxygen atoms in total. The minimum atomic E-state index is -0.487. The van der Waals surface area contributed by atoms with Crippen molar-refractivity contribution in [2.24, 2.45) is 0 Å². The summed E-state index contributed by atoms with van der Waals surface area (Å²) in [6.07, 6.45) is 2.19. The number of rotatable bonds is 4. The van der Waals surface area contributed by atoms with Gasteiger partial charge in [0.25, 0.3) is 5.91 Å². The van der Waals surface area contributed by atoms with Gasteiger partial charge in [0, 0.05) is 29.4 Å². The number of para-hydroxylation sites is 1. The Kier molecular flexibility index (Phi) is 4.92. The van der Waals surface area contributed by atoms with Gasteiger partial charge >= 0.3 is 6.03 Å². The third-order valence-corrected chi connectivity index (χ3v) is 7.47. The third-order valence-electron chi connectivity index (χ3n) is 7.47. The van der Waals surface area contributed by atoms with Gasteiger partial charge < -0.3 is 9.47 Å². The lowest BCUT2D eigenvalue weighted by atomic mass is 9.97. The molecule has 37 heavy (non-hydrogen) atoms. The molecule has 0 spiro atoms. The number of pyridine rings is 1. The van der Waals surface area contributed by atoms with E-state index in [0.717, 1.165) is 39.0 Å². The highest BCUT2D eigenvalue weighted by Gasteiger charge is 2.48. The Morgan fingerprint density at radius 2 is 1.59 bits per heavy atom. The van der Waals surface area contributed by atoms with Crippen LogP contribution in [-0.4, -0.2) is 37.3 Å². The molecule has 3 amide bonds. The van der Waals surface area contributed by atoms with Gasteiger partial charge in [-0.25, -0.2) is 4.79 Å². The van der Waals surface area contributed by atoms with E-state index in [9.17, 15) is 9.59 Å². The third kappa shape index (κ3) is 3.44. The number of carbonyl (C=O) groups is 2. The average Bonchev–Trinajstić information content (AvgIpc) is 3.40. The predicted octanol–water partition coefficient (Wildman–Crippen LogP) is 5.58. The van der Waals surface area contributed by atoms with Gasteiger partial charge in [0.1, 0.15) is 6.04 Å². The average molecular weight is 485 g/mol. The Morgan fingerprint density at radius 3 is 2.43 bits per heavy atom. The normalized spacial score (nSPS) is 16.8. The Labute approximate surface area is 214 Å². The molecule has 2 aliphatic rings. The molecule has 0 aliphatic carbocycles. The van der Waals surface area contributed by atoms with Gasteiger partial charge in [-0.05, 0) is 47.0 Å². The molecule has 0 bridgehead atoms. The van der Waals surface area contributed by atoms with Crippen molar-refractivity contribution >= 4 is 22.8 Å². The molecule has 2 aromatic heterocycles. The number of aromatic nitrogens is 2. The number of nitrogens with zero attached hydrogens (tertiary/aromatic N) is 4. The smallest absolute Gasteiger partial charge is 0.311 e. The molecular formula is C31H24N4O2. The van der Waals surface area contributed by atoms with Gasteiger partial charge in [-0.1, -0.05) is 66.7 Å². The SMILES string of the molecule is O=C1C2Cc3c(n(-c4cccc(-c5ccccc5)c4)c4ccccc34)CN2C(=O)N1Cc1ccccn1. The van der Waals surface area contributed by atoms with E-state index < -0.39 is 6.04 Å². The van der Waals surface area contributed by atoms with E-state index >= 15 is 0 Å². The van der Waals surface area contributed by atoms with Crippen LogP contribution in [-0.2, 0) is 24.3 Å². The van der Waals surface area contributed by atoms with Crippen LogP contribution < -0.4 is 0 Å². The van der Waals surface area contributed by atoms with Crippen LogP contribution in [0.4, 0.5) is 4.79 Å². The second kappa shape index (κ2) is 8.45. The summed E-state index contributed by atoms with van der Waals surface area (Å²) in [5.41, 5.74) is 7.32.